The van der Waals surface area contributed by atoms with Gasteiger partial charge in [0, 0.05) is 6.92 Å². The van der Waals surface area contributed by atoms with Gasteiger partial charge in [0.15, 0.2) is 29.0 Å². The SMILES string of the molecule is CC(=O)OC1OC(n2c(C)nc3c(N)ncnc32)C(C)OC(C)(C)O1. The fourth-order valence-electron chi connectivity index (χ4n) is 2.82. The third-order valence-corrected chi connectivity index (χ3v) is 3.70. The van der Waals surface area contributed by atoms with Gasteiger partial charge in [-0.2, -0.15) is 0 Å². The van der Waals surface area contributed by atoms with E-state index in [9.17, 15) is 4.79 Å². The molecule has 0 amide bonds. The summed E-state index contributed by atoms with van der Waals surface area (Å²) in [7, 11) is 0. The highest BCUT2D eigenvalue weighted by molar-refractivity contribution is 5.81. The molecule has 0 aliphatic carbocycles. The fourth-order valence-corrected chi connectivity index (χ4v) is 2.82. The summed E-state index contributed by atoms with van der Waals surface area (Å²) in [6.45, 7) is 7.07. The Morgan fingerprint density at radius 3 is 2.76 bits per heavy atom. The number of rotatable bonds is 2. The Balaban J connectivity index is 2.06. The number of carbonyl (C=O) groups excluding carboxylic acids is 1. The van der Waals surface area contributed by atoms with Crippen molar-refractivity contribution >= 4 is 23.0 Å². The van der Waals surface area contributed by atoms with E-state index < -0.39 is 30.6 Å². The summed E-state index contributed by atoms with van der Waals surface area (Å²) in [5, 5.41) is 0. The Kier molecular flexibility index (Phi) is 4.35. The van der Waals surface area contributed by atoms with E-state index in [4.69, 9.17) is 24.7 Å². The maximum atomic E-state index is 11.4. The maximum Gasteiger partial charge on any atom is 0.322 e. The first-order valence-electron chi connectivity index (χ1n) is 7.81. The summed E-state index contributed by atoms with van der Waals surface area (Å²) in [4.78, 5) is 24.0. The van der Waals surface area contributed by atoms with Crippen LogP contribution in [0.15, 0.2) is 6.33 Å². The van der Waals surface area contributed by atoms with Crippen LogP contribution in [0.25, 0.3) is 11.2 Å². The number of fused-ring (bicyclic) bond motifs is 1. The van der Waals surface area contributed by atoms with Gasteiger partial charge in [-0.15, -0.1) is 0 Å². The predicted octanol–water partition coefficient (Wildman–Crippen LogP) is 1.25. The Bertz CT molecular complexity index is 805. The van der Waals surface area contributed by atoms with Crippen LogP contribution in [0.4, 0.5) is 5.82 Å². The van der Waals surface area contributed by atoms with E-state index in [0.29, 0.717) is 17.0 Å². The van der Waals surface area contributed by atoms with Crippen molar-refractivity contribution in [1.82, 2.24) is 19.5 Å². The van der Waals surface area contributed by atoms with Crippen molar-refractivity contribution in [2.75, 3.05) is 5.73 Å². The first-order valence-corrected chi connectivity index (χ1v) is 7.81. The molecule has 0 spiro atoms. The molecule has 0 saturated carbocycles. The third-order valence-electron chi connectivity index (χ3n) is 3.70. The summed E-state index contributed by atoms with van der Waals surface area (Å²) in [5.74, 6) is -0.689. The number of anilines is 1. The molecule has 0 radical (unpaired) electrons. The second-order valence-electron chi connectivity index (χ2n) is 6.23. The molecule has 3 heterocycles. The molecule has 2 N–H and O–H groups in total. The van der Waals surface area contributed by atoms with Gasteiger partial charge in [-0.05, 0) is 27.7 Å². The van der Waals surface area contributed by atoms with Crippen molar-refractivity contribution in [2.45, 2.75) is 59.2 Å². The van der Waals surface area contributed by atoms with E-state index in [2.05, 4.69) is 15.0 Å². The first-order chi connectivity index (χ1) is 11.7. The van der Waals surface area contributed by atoms with Gasteiger partial charge >= 0.3 is 12.4 Å². The average molecular weight is 351 g/mol. The van der Waals surface area contributed by atoms with E-state index in [1.54, 1.807) is 25.3 Å². The van der Waals surface area contributed by atoms with Crippen molar-refractivity contribution in [2.24, 2.45) is 0 Å². The zero-order valence-corrected chi connectivity index (χ0v) is 14.7. The van der Waals surface area contributed by atoms with E-state index >= 15 is 0 Å². The molecule has 1 aliphatic heterocycles. The Morgan fingerprint density at radius 1 is 1.36 bits per heavy atom. The monoisotopic (exact) mass is 351 g/mol. The van der Waals surface area contributed by atoms with Crippen molar-refractivity contribution in [3.63, 3.8) is 0 Å². The van der Waals surface area contributed by atoms with Gasteiger partial charge in [-0.1, -0.05) is 0 Å². The summed E-state index contributed by atoms with van der Waals surface area (Å²) >= 11 is 0. The minimum Gasteiger partial charge on any atom is -0.410 e. The number of nitrogens with two attached hydrogens (primary N) is 1. The van der Waals surface area contributed by atoms with Crippen LogP contribution in [0.2, 0.25) is 0 Å². The zero-order chi connectivity index (χ0) is 18.4. The standard InChI is InChI=1S/C15H21N5O5/c1-7-13(23-14(22-9(3)21)25-15(4,5)24-7)20-8(2)19-10-11(16)17-6-18-12(10)20/h6-7,13-14H,1-5H3,(H2,16,17,18). The van der Waals surface area contributed by atoms with Crippen molar-refractivity contribution in [3.05, 3.63) is 12.2 Å². The molecule has 25 heavy (non-hydrogen) atoms. The number of aromatic nitrogens is 4. The molecule has 136 valence electrons. The molecule has 0 bridgehead atoms. The number of esters is 1. The van der Waals surface area contributed by atoms with E-state index in [1.807, 2.05) is 6.92 Å². The van der Waals surface area contributed by atoms with Gasteiger partial charge in [-0.3, -0.25) is 18.8 Å². The van der Waals surface area contributed by atoms with E-state index in [1.165, 1.54) is 13.3 Å². The number of hydrogen-bond donors (Lipinski definition) is 1. The molecule has 2 aromatic rings. The van der Waals surface area contributed by atoms with Crippen LogP contribution in [-0.4, -0.2) is 43.9 Å². The molecule has 2 aromatic heterocycles. The zero-order valence-electron chi connectivity index (χ0n) is 14.7. The van der Waals surface area contributed by atoms with Crippen LogP contribution in [-0.2, 0) is 23.7 Å². The number of imidazole rings is 1. The highest BCUT2D eigenvalue weighted by Gasteiger charge is 2.40. The molecule has 10 nitrogen and oxygen atoms in total. The van der Waals surface area contributed by atoms with Crippen LogP contribution in [0, 0.1) is 6.92 Å². The van der Waals surface area contributed by atoms with Crippen LogP contribution >= 0.6 is 0 Å². The number of nitrogens with zero attached hydrogens (tertiary/aromatic N) is 4. The summed E-state index contributed by atoms with van der Waals surface area (Å²) in [6.07, 6.45) is 0.190. The molecule has 10 heteroatoms. The third kappa shape index (κ3) is 3.41. The minimum atomic E-state index is -1.24. The van der Waals surface area contributed by atoms with E-state index in [-0.39, 0.29) is 5.82 Å². The lowest BCUT2D eigenvalue weighted by Gasteiger charge is -2.27. The Labute approximate surface area is 144 Å². The summed E-state index contributed by atoms with van der Waals surface area (Å²) in [5.41, 5.74) is 6.83. The van der Waals surface area contributed by atoms with Gasteiger partial charge in [0.2, 0.25) is 0 Å². The smallest absolute Gasteiger partial charge is 0.322 e. The van der Waals surface area contributed by atoms with Crippen molar-refractivity contribution in [1.29, 1.82) is 0 Å². The largest absolute Gasteiger partial charge is 0.410 e. The minimum absolute atomic E-state index is 0.266. The quantitative estimate of drug-likeness (QED) is 0.796. The van der Waals surface area contributed by atoms with Gasteiger partial charge in [0.25, 0.3) is 0 Å². The van der Waals surface area contributed by atoms with Crippen molar-refractivity contribution in [3.8, 4) is 0 Å². The molecule has 1 aliphatic rings. The maximum absolute atomic E-state index is 11.4. The highest BCUT2D eigenvalue weighted by Crippen LogP contribution is 2.33. The van der Waals surface area contributed by atoms with Crippen LogP contribution in [0.3, 0.4) is 0 Å². The predicted molar refractivity (Wildman–Crippen MR) is 85.9 cm³/mol. The van der Waals surface area contributed by atoms with Crippen LogP contribution in [0.1, 0.15) is 39.7 Å². The van der Waals surface area contributed by atoms with Gasteiger partial charge in [-0.25, -0.2) is 15.0 Å². The Morgan fingerprint density at radius 2 is 2.08 bits per heavy atom. The highest BCUT2D eigenvalue weighted by atomic mass is 16.9. The first kappa shape index (κ1) is 17.5. The summed E-state index contributed by atoms with van der Waals surface area (Å²) in [6, 6.07) is 0. The lowest BCUT2D eigenvalue weighted by molar-refractivity contribution is -0.340. The van der Waals surface area contributed by atoms with Gasteiger partial charge < -0.3 is 15.2 Å². The normalized spacial score (nSPS) is 26.4. The molecule has 1 saturated heterocycles. The molecular formula is C15H21N5O5. The Hall–Kier alpha value is -2.30. The lowest BCUT2D eigenvalue weighted by atomic mass is 10.3. The number of hydrogen-bond acceptors (Lipinski definition) is 9. The number of aryl methyl sites for hydroxylation is 1. The van der Waals surface area contributed by atoms with Crippen LogP contribution in [0.5, 0.6) is 0 Å². The summed E-state index contributed by atoms with van der Waals surface area (Å²) < 4.78 is 24.2. The fraction of sp³-hybridized carbons (Fsp3) is 0.600. The number of ether oxygens (including phenoxy) is 4. The average Bonchev–Trinajstić information content (AvgIpc) is 2.75. The molecule has 0 aromatic carbocycles. The number of nitrogen functional groups attached to an aromatic ring is 1. The molecular weight excluding hydrogens is 330 g/mol. The lowest BCUT2D eigenvalue weighted by Crippen LogP contribution is -2.34. The molecule has 3 rings (SSSR count). The molecule has 1 fully saturated rings. The van der Waals surface area contributed by atoms with Crippen molar-refractivity contribution < 1.29 is 23.7 Å². The van der Waals surface area contributed by atoms with E-state index in [0.717, 1.165) is 0 Å². The second kappa shape index (κ2) is 6.21. The molecule has 3 atom stereocenters. The molecule has 3 unspecified atom stereocenters. The number of carbonyl (C=O) groups is 1. The van der Waals surface area contributed by atoms with Gasteiger partial charge in [0.1, 0.15) is 18.3 Å². The second-order valence-corrected chi connectivity index (χ2v) is 6.23. The van der Waals surface area contributed by atoms with Crippen LogP contribution < -0.4 is 5.73 Å². The topological polar surface area (TPSA) is 124 Å². The van der Waals surface area contributed by atoms with Gasteiger partial charge in [0.05, 0.1) is 0 Å².